The number of aliphatic carboxylic acids is 1. The number of hydrogen-bond acceptors (Lipinski definition) is 4. The highest BCUT2D eigenvalue weighted by molar-refractivity contribution is 6.09. The average Bonchev–Trinajstić information content (AvgIpc) is 2.77. The van der Waals surface area contributed by atoms with E-state index in [0.717, 1.165) is 56.1 Å². The van der Waals surface area contributed by atoms with E-state index in [2.05, 4.69) is 31.2 Å². The number of aryl methyl sites for hydroxylation is 2. The first-order valence-electron chi connectivity index (χ1n) is 11.6. The van der Waals surface area contributed by atoms with E-state index in [4.69, 9.17) is 14.5 Å². The van der Waals surface area contributed by atoms with Crippen LogP contribution in [0.1, 0.15) is 49.1 Å². The lowest BCUT2D eigenvalue weighted by molar-refractivity contribution is -0.160. The van der Waals surface area contributed by atoms with Crippen molar-refractivity contribution in [3.8, 4) is 16.9 Å². The van der Waals surface area contributed by atoms with E-state index in [1.807, 2.05) is 52.1 Å². The van der Waals surface area contributed by atoms with Crippen molar-refractivity contribution in [1.29, 1.82) is 0 Å². The van der Waals surface area contributed by atoms with Gasteiger partial charge in [-0.15, -0.1) is 0 Å². The van der Waals surface area contributed by atoms with Crippen LogP contribution in [0.4, 0.5) is 0 Å². The molecule has 5 rings (SSSR count). The van der Waals surface area contributed by atoms with Crippen LogP contribution < -0.4 is 4.74 Å². The van der Waals surface area contributed by atoms with E-state index >= 15 is 0 Å². The molecule has 3 aromatic carbocycles. The quantitative estimate of drug-likeness (QED) is 0.378. The predicted octanol–water partition coefficient (Wildman–Crippen LogP) is 6.55. The average molecular weight is 456 g/mol. The van der Waals surface area contributed by atoms with Crippen LogP contribution in [0.15, 0.2) is 48.7 Å². The van der Waals surface area contributed by atoms with Gasteiger partial charge in [0.25, 0.3) is 0 Å². The standard InChI is InChI=1S/C29H29NO4/c1-16-6-7-20-19(14-16)15-17(2)23(27(28(31)32)34-29(3,4)5)25(20)21-8-9-22-24-18(11-13-33-22)10-12-30-26(21)24/h6-10,12,14-15,27H,11,13H2,1-5H3,(H,31,32). The van der Waals surface area contributed by atoms with Gasteiger partial charge in [-0.2, -0.15) is 0 Å². The minimum atomic E-state index is -1.12. The molecule has 0 amide bonds. The molecule has 0 bridgehead atoms. The van der Waals surface area contributed by atoms with Gasteiger partial charge in [-0.1, -0.05) is 29.8 Å². The molecule has 34 heavy (non-hydrogen) atoms. The van der Waals surface area contributed by atoms with Crippen LogP contribution in [0, 0.1) is 13.8 Å². The topological polar surface area (TPSA) is 68.7 Å². The highest BCUT2D eigenvalue weighted by atomic mass is 16.5. The van der Waals surface area contributed by atoms with Crippen LogP contribution in [0.3, 0.4) is 0 Å². The number of fused-ring (bicyclic) bond motifs is 1. The summed E-state index contributed by atoms with van der Waals surface area (Å²) >= 11 is 0. The SMILES string of the molecule is Cc1ccc2c(-c3ccc4c5c(ccnc35)CCO4)c(C(OC(C)(C)C)C(=O)O)c(C)cc2c1. The van der Waals surface area contributed by atoms with Gasteiger partial charge in [0.2, 0.25) is 0 Å². The van der Waals surface area contributed by atoms with Gasteiger partial charge in [0.05, 0.1) is 17.7 Å². The third-order valence-corrected chi connectivity index (χ3v) is 6.34. The van der Waals surface area contributed by atoms with Crippen molar-refractivity contribution in [1.82, 2.24) is 4.98 Å². The highest BCUT2D eigenvalue weighted by Gasteiger charge is 2.32. The Hall–Kier alpha value is -3.44. The first kappa shape index (κ1) is 22.4. The first-order chi connectivity index (χ1) is 16.1. The molecule has 5 nitrogen and oxygen atoms in total. The Morgan fingerprint density at radius 2 is 1.91 bits per heavy atom. The summed E-state index contributed by atoms with van der Waals surface area (Å²) in [4.78, 5) is 17.3. The lowest BCUT2D eigenvalue weighted by Crippen LogP contribution is -2.28. The molecule has 1 atom stereocenters. The second-order valence-corrected chi connectivity index (χ2v) is 10.1. The molecule has 2 heterocycles. The molecule has 5 heteroatoms. The fourth-order valence-electron chi connectivity index (χ4n) is 5.00. The Bertz CT molecular complexity index is 1440. The van der Waals surface area contributed by atoms with E-state index in [0.29, 0.717) is 12.2 Å². The molecule has 0 fully saturated rings. The summed E-state index contributed by atoms with van der Waals surface area (Å²) in [7, 11) is 0. The Kier molecular flexibility index (Phi) is 5.33. The van der Waals surface area contributed by atoms with Crippen molar-refractivity contribution >= 4 is 27.6 Å². The van der Waals surface area contributed by atoms with Gasteiger partial charge in [-0.25, -0.2) is 4.79 Å². The summed E-state index contributed by atoms with van der Waals surface area (Å²) in [6, 6.07) is 14.4. The predicted molar refractivity (Wildman–Crippen MR) is 135 cm³/mol. The van der Waals surface area contributed by atoms with Crippen molar-refractivity contribution in [2.75, 3.05) is 6.61 Å². The maximum atomic E-state index is 12.6. The molecule has 1 unspecified atom stereocenters. The minimum Gasteiger partial charge on any atom is -0.493 e. The van der Waals surface area contributed by atoms with Crippen LogP contribution in [0.25, 0.3) is 32.8 Å². The summed E-state index contributed by atoms with van der Waals surface area (Å²) in [5.74, 6) is -0.187. The number of nitrogens with zero attached hydrogens (tertiary/aromatic N) is 1. The van der Waals surface area contributed by atoms with Gasteiger partial charge in [0, 0.05) is 29.1 Å². The second-order valence-electron chi connectivity index (χ2n) is 10.1. The third-order valence-electron chi connectivity index (χ3n) is 6.34. The summed E-state index contributed by atoms with van der Waals surface area (Å²) in [5.41, 5.74) is 5.82. The molecule has 1 aliphatic rings. The van der Waals surface area contributed by atoms with Gasteiger partial charge in [-0.3, -0.25) is 4.98 Å². The molecule has 0 saturated carbocycles. The monoisotopic (exact) mass is 455 g/mol. The number of carbonyl (C=O) groups is 1. The van der Waals surface area contributed by atoms with Crippen LogP contribution in [-0.2, 0) is 16.0 Å². The van der Waals surface area contributed by atoms with E-state index in [9.17, 15) is 9.90 Å². The number of benzene rings is 3. The fraction of sp³-hybridized carbons (Fsp3) is 0.310. The number of pyridine rings is 1. The molecule has 0 spiro atoms. The van der Waals surface area contributed by atoms with E-state index in [1.54, 1.807) is 0 Å². The van der Waals surface area contributed by atoms with Gasteiger partial charge in [0.15, 0.2) is 6.10 Å². The Balaban J connectivity index is 1.91. The maximum absolute atomic E-state index is 12.6. The second kappa shape index (κ2) is 8.10. The third kappa shape index (κ3) is 3.80. The maximum Gasteiger partial charge on any atom is 0.337 e. The minimum absolute atomic E-state index is 0.638. The Morgan fingerprint density at radius 3 is 2.65 bits per heavy atom. The van der Waals surface area contributed by atoms with Crippen molar-refractivity contribution in [2.24, 2.45) is 0 Å². The number of carboxylic acids is 1. The molecule has 0 aliphatic carbocycles. The molecule has 1 N–H and O–H groups in total. The van der Waals surface area contributed by atoms with Crippen LogP contribution >= 0.6 is 0 Å². The van der Waals surface area contributed by atoms with Crippen LogP contribution in [0.5, 0.6) is 5.75 Å². The van der Waals surface area contributed by atoms with Crippen molar-refractivity contribution in [3.05, 3.63) is 70.9 Å². The summed E-state index contributed by atoms with van der Waals surface area (Å²) in [6.45, 7) is 10.3. The lowest BCUT2D eigenvalue weighted by Gasteiger charge is -2.29. The molecule has 0 saturated heterocycles. The molecular formula is C29H29NO4. The molecule has 0 radical (unpaired) electrons. The van der Waals surface area contributed by atoms with Gasteiger partial charge in [0.1, 0.15) is 5.75 Å². The smallest absolute Gasteiger partial charge is 0.337 e. The first-order valence-corrected chi connectivity index (χ1v) is 11.6. The van der Waals surface area contributed by atoms with Crippen molar-refractivity contribution in [2.45, 2.75) is 52.7 Å². The number of ether oxygens (including phenoxy) is 2. The summed E-state index contributed by atoms with van der Waals surface area (Å²) < 4.78 is 12.1. The summed E-state index contributed by atoms with van der Waals surface area (Å²) in [6.07, 6.45) is 1.53. The van der Waals surface area contributed by atoms with Crippen molar-refractivity contribution in [3.63, 3.8) is 0 Å². The Morgan fingerprint density at radius 1 is 1.12 bits per heavy atom. The molecular weight excluding hydrogens is 426 g/mol. The Labute approximate surface area is 199 Å². The zero-order valence-corrected chi connectivity index (χ0v) is 20.2. The molecule has 1 aliphatic heterocycles. The van der Waals surface area contributed by atoms with Crippen LogP contribution in [-0.4, -0.2) is 28.3 Å². The van der Waals surface area contributed by atoms with E-state index in [1.165, 1.54) is 5.56 Å². The number of aromatic nitrogens is 1. The summed E-state index contributed by atoms with van der Waals surface area (Å²) in [5, 5.41) is 13.3. The zero-order chi connectivity index (χ0) is 24.2. The fourth-order valence-corrected chi connectivity index (χ4v) is 5.00. The van der Waals surface area contributed by atoms with Gasteiger partial charge in [-0.05, 0) is 80.3 Å². The number of rotatable bonds is 4. The van der Waals surface area contributed by atoms with E-state index in [-0.39, 0.29) is 0 Å². The van der Waals surface area contributed by atoms with Crippen LogP contribution in [0.2, 0.25) is 0 Å². The van der Waals surface area contributed by atoms with Gasteiger partial charge >= 0.3 is 5.97 Å². The largest absolute Gasteiger partial charge is 0.493 e. The molecule has 1 aromatic heterocycles. The highest BCUT2D eigenvalue weighted by Crippen LogP contribution is 2.45. The molecule has 4 aromatic rings. The normalized spacial score (nSPS) is 14.3. The lowest BCUT2D eigenvalue weighted by atomic mass is 9.85. The van der Waals surface area contributed by atoms with Gasteiger partial charge < -0.3 is 14.6 Å². The zero-order valence-electron chi connectivity index (χ0n) is 20.2. The number of carboxylic acid groups (broad SMARTS) is 1. The number of hydrogen-bond donors (Lipinski definition) is 1. The molecule has 174 valence electrons. The van der Waals surface area contributed by atoms with Crippen molar-refractivity contribution < 1.29 is 19.4 Å². The van der Waals surface area contributed by atoms with E-state index < -0.39 is 17.7 Å².